The number of aromatic hydroxyl groups is 1. The zero-order valence-corrected chi connectivity index (χ0v) is 8.97. The molecule has 0 unspecified atom stereocenters. The number of benzene rings is 1. The maximum absolute atomic E-state index is 9.31. The second-order valence-corrected chi connectivity index (χ2v) is 3.48. The van der Waals surface area contributed by atoms with E-state index in [2.05, 4.69) is 15.5 Å². The van der Waals surface area contributed by atoms with Gasteiger partial charge in [0.1, 0.15) is 5.75 Å². The minimum atomic E-state index is 0.247. The average molecular weight is 219 g/mol. The fourth-order valence-corrected chi connectivity index (χ4v) is 1.43. The summed E-state index contributed by atoms with van der Waals surface area (Å²) in [6.07, 6.45) is 0.557. The van der Waals surface area contributed by atoms with Gasteiger partial charge in [0, 0.05) is 6.42 Å². The van der Waals surface area contributed by atoms with E-state index >= 15 is 0 Å². The van der Waals surface area contributed by atoms with Gasteiger partial charge in [-0.05, 0) is 24.7 Å². The van der Waals surface area contributed by atoms with Gasteiger partial charge in [-0.25, -0.2) is 0 Å². The van der Waals surface area contributed by atoms with Gasteiger partial charge in [0.2, 0.25) is 5.89 Å². The van der Waals surface area contributed by atoms with Crippen molar-refractivity contribution in [1.29, 1.82) is 0 Å². The van der Waals surface area contributed by atoms with E-state index in [9.17, 15) is 5.11 Å². The van der Waals surface area contributed by atoms with Crippen LogP contribution in [0.25, 0.3) is 0 Å². The Bertz CT molecular complexity index is 468. The van der Waals surface area contributed by atoms with Gasteiger partial charge in [-0.3, -0.25) is 0 Å². The molecule has 0 aliphatic heterocycles. The van der Waals surface area contributed by atoms with Gasteiger partial charge in [0.05, 0.1) is 6.54 Å². The minimum absolute atomic E-state index is 0.247. The van der Waals surface area contributed by atoms with Crippen molar-refractivity contribution in [1.82, 2.24) is 15.5 Å². The Morgan fingerprint density at radius 1 is 1.44 bits per heavy atom. The molecule has 0 radical (unpaired) electrons. The maximum atomic E-state index is 9.31. The zero-order chi connectivity index (χ0) is 11.4. The van der Waals surface area contributed by atoms with E-state index < -0.39 is 0 Å². The van der Waals surface area contributed by atoms with Crippen molar-refractivity contribution in [2.75, 3.05) is 7.05 Å². The number of phenolic OH excluding ortho intramolecular Hbond substituents is 1. The molecule has 0 saturated heterocycles. The number of rotatable bonds is 4. The molecular weight excluding hydrogens is 206 g/mol. The molecular formula is C11H13N3O2. The fraction of sp³-hybridized carbons (Fsp3) is 0.273. The van der Waals surface area contributed by atoms with Gasteiger partial charge in [-0.1, -0.05) is 17.3 Å². The van der Waals surface area contributed by atoms with E-state index in [1.54, 1.807) is 18.2 Å². The normalized spacial score (nSPS) is 10.6. The van der Waals surface area contributed by atoms with Gasteiger partial charge >= 0.3 is 0 Å². The molecule has 0 saturated carbocycles. The molecule has 5 heteroatoms. The van der Waals surface area contributed by atoms with Crippen molar-refractivity contribution >= 4 is 0 Å². The molecule has 0 amide bonds. The first-order chi connectivity index (χ1) is 7.78. The van der Waals surface area contributed by atoms with E-state index in [0.29, 0.717) is 24.7 Å². The van der Waals surface area contributed by atoms with Gasteiger partial charge in [-0.15, -0.1) is 0 Å². The van der Waals surface area contributed by atoms with Crippen molar-refractivity contribution in [2.45, 2.75) is 13.0 Å². The molecule has 84 valence electrons. The van der Waals surface area contributed by atoms with Crippen LogP contribution >= 0.6 is 0 Å². The highest BCUT2D eigenvalue weighted by Crippen LogP contribution is 2.13. The third-order valence-corrected chi connectivity index (χ3v) is 2.11. The molecule has 2 rings (SSSR count). The summed E-state index contributed by atoms with van der Waals surface area (Å²) in [6.45, 7) is 0.563. The van der Waals surface area contributed by atoms with Crippen LogP contribution in [0.4, 0.5) is 0 Å². The molecule has 0 atom stereocenters. The second kappa shape index (κ2) is 4.76. The van der Waals surface area contributed by atoms with Gasteiger partial charge in [0.15, 0.2) is 5.82 Å². The molecule has 0 aliphatic rings. The lowest BCUT2D eigenvalue weighted by atomic mass is 10.1. The van der Waals surface area contributed by atoms with Gasteiger partial charge in [0.25, 0.3) is 0 Å². The quantitative estimate of drug-likeness (QED) is 0.805. The van der Waals surface area contributed by atoms with Crippen LogP contribution in [0.1, 0.15) is 17.3 Å². The molecule has 0 fully saturated rings. The summed E-state index contributed by atoms with van der Waals surface area (Å²) < 4.78 is 5.02. The Labute approximate surface area is 93.1 Å². The van der Waals surface area contributed by atoms with E-state index in [0.717, 1.165) is 5.56 Å². The highest BCUT2D eigenvalue weighted by atomic mass is 16.5. The average Bonchev–Trinajstić information content (AvgIpc) is 2.66. The Balaban J connectivity index is 2.08. The summed E-state index contributed by atoms with van der Waals surface area (Å²) in [6, 6.07) is 7.02. The predicted molar refractivity (Wildman–Crippen MR) is 58.0 cm³/mol. The molecule has 5 nitrogen and oxygen atoms in total. The van der Waals surface area contributed by atoms with Crippen LogP contribution in [0, 0.1) is 0 Å². The van der Waals surface area contributed by atoms with Crippen molar-refractivity contribution in [3.8, 4) is 5.75 Å². The lowest BCUT2D eigenvalue weighted by Crippen LogP contribution is -2.05. The number of hydrogen-bond donors (Lipinski definition) is 2. The zero-order valence-electron chi connectivity index (χ0n) is 8.97. The second-order valence-electron chi connectivity index (χ2n) is 3.48. The summed E-state index contributed by atoms with van der Waals surface area (Å²) in [4.78, 5) is 4.20. The van der Waals surface area contributed by atoms with Crippen molar-refractivity contribution < 1.29 is 9.63 Å². The summed E-state index contributed by atoms with van der Waals surface area (Å²) >= 11 is 0. The number of nitrogens with one attached hydrogen (secondary N) is 1. The van der Waals surface area contributed by atoms with Crippen molar-refractivity contribution in [2.24, 2.45) is 0 Å². The number of hydrogen-bond acceptors (Lipinski definition) is 5. The largest absolute Gasteiger partial charge is 0.508 e. The lowest BCUT2D eigenvalue weighted by Gasteiger charge is -1.97. The lowest BCUT2D eigenvalue weighted by molar-refractivity contribution is 0.367. The molecule has 0 aliphatic carbocycles. The standard InChI is InChI=1S/C11H13N3O2/c1-12-7-11-13-10(14-16-11)6-8-3-2-4-9(15)5-8/h2-5,12,15H,6-7H2,1H3. The van der Waals surface area contributed by atoms with Gasteiger partial charge in [-0.2, -0.15) is 4.98 Å². The Hall–Kier alpha value is -1.88. The number of aromatic nitrogens is 2. The van der Waals surface area contributed by atoms with E-state index in [4.69, 9.17) is 4.52 Å². The summed E-state index contributed by atoms with van der Waals surface area (Å²) in [5, 5.41) is 16.1. The van der Waals surface area contributed by atoms with Gasteiger partial charge < -0.3 is 14.9 Å². The van der Waals surface area contributed by atoms with E-state index in [1.807, 2.05) is 13.1 Å². The number of nitrogens with zero attached hydrogens (tertiary/aromatic N) is 2. The van der Waals surface area contributed by atoms with Crippen LogP contribution in [0.2, 0.25) is 0 Å². The highest BCUT2D eigenvalue weighted by molar-refractivity contribution is 5.28. The third-order valence-electron chi connectivity index (χ3n) is 2.11. The predicted octanol–water partition coefficient (Wildman–Crippen LogP) is 1.09. The summed E-state index contributed by atoms with van der Waals surface area (Å²) in [7, 11) is 1.82. The fourth-order valence-electron chi connectivity index (χ4n) is 1.43. The van der Waals surface area contributed by atoms with Crippen LogP contribution in [-0.4, -0.2) is 22.3 Å². The number of phenols is 1. The molecule has 1 heterocycles. The van der Waals surface area contributed by atoms with Crippen LogP contribution < -0.4 is 5.32 Å². The first-order valence-corrected chi connectivity index (χ1v) is 5.02. The topological polar surface area (TPSA) is 71.2 Å². The smallest absolute Gasteiger partial charge is 0.240 e. The molecule has 1 aromatic heterocycles. The van der Waals surface area contributed by atoms with Crippen LogP contribution in [0.3, 0.4) is 0 Å². The van der Waals surface area contributed by atoms with Crippen molar-refractivity contribution in [3.05, 3.63) is 41.5 Å². The molecule has 2 N–H and O–H groups in total. The maximum Gasteiger partial charge on any atom is 0.240 e. The van der Waals surface area contributed by atoms with Crippen LogP contribution in [-0.2, 0) is 13.0 Å². The van der Waals surface area contributed by atoms with E-state index in [-0.39, 0.29) is 5.75 Å². The third kappa shape index (κ3) is 2.58. The highest BCUT2D eigenvalue weighted by Gasteiger charge is 2.06. The van der Waals surface area contributed by atoms with Crippen LogP contribution in [0.5, 0.6) is 5.75 Å². The Kier molecular flexibility index (Phi) is 3.16. The molecule has 0 spiro atoms. The van der Waals surface area contributed by atoms with Crippen molar-refractivity contribution in [3.63, 3.8) is 0 Å². The molecule has 0 bridgehead atoms. The monoisotopic (exact) mass is 219 g/mol. The first kappa shape index (κ1) is 10.6. The summed E-state index contributed by atoms with van der Waals surface area (Å²) in [5.41, 5.74) is 0.955. The Morgan fingerprint density at radius 3 is 3.06 bits per heavy atom. The molecule has 1 aromatic carbocycles. The van der Waals surface area contributed by atoms with E-state index in [1.165, 1.54) is 0 Å². The Morgan fingerprint density at radius 2 is 2.31 bits per heavy atom. The van der Waals surface area contributed by atoms with Crippen LogP contribution in [0.15, 0.2) is 28.8 Å². The first-order valence-electron chi connectivity index (χ1n) is 5.02. The molecule has 16 heavy (non-hydrogen) atoms. The summed E-state index contributed by atoms with van der Waals surface area (Å²) in [5.74, 6) is 1.44. The SMILES string of the molecule is CNCc1nc(Cc2cccc(O)c2)no1. The molecule has 2 aromatic rings. The minimum Gasteiger partial charge on any atom is -0.508 e.